The van der Waals surface area contributed by atoms with Crippen LogP contribution >= 0.6 is 24.8 Å². The van der Waals surface area contributed by atoms with E-state index in [1.807, 2.05) is 54.6 Å². The Bertz CT molecular complexity index is 539. The zero-order valence-electron chi connectivity index (χ0n) is 11.6. The zero-order valence-corrected chi connectivity index (χ0v) is 13.2. The number of anilines is 1. The lowest BCUT2D eigenvalue weighted by atomic mass is 10.0. The molecular formula is C16H20Cl2N2. The van der Waals surface area contributed by atoms with Gasteiger partial charge in [-0.3, -0.25) is 5.41 Å². The SMILES string of the molecule is CC(C)Nc1ccccc1C(=N)c1ccccc1.Cl.Cl. The van der Waals surface area contributed by atoms with Gasteiger partial charge >= 0.3 is 0 Å². The Labute approximate surface area is 132 Å². The van der Waals surface area contributed by atoms with E-state index in [-0.39, 0.29) is 24.8 Å². The molecule has 2 aromatic rings. The molecule has 0 unspecified atom stereocenters. The van der Waals surface area contributed by atoms with Crippen LogP contribution in [0.4, 0.5) is 5.69 Å². The average Bonchev–Trinajstić information content (AvgIpc) is 2.39. The van der Waals surface area contributed by atoms with Crippen molar-refractivity contribution in [2.45, 2.75) is 19.9 Å². The maximum atomic E-state index is 8.32. The molecular weight excluding hydrogens is 291 g/mol. The molecule has 0 bridgehead atoms. The molecule has 0 aromatic heterocycles. The molecule has 0 heterocycles. The quantitative estimate of drug-likeness (QED) is 0.784. The van der Waals surface area contributed by atoms with E-state index in [0.29, 0.717) is 11.8 Å². The lowest BCUT2D eigenvalue weighted by Crippen LogP contribution is -2.13. The molecule has 0 aliphatic rings. The van der Waals surface area contributed by atoms with Crippen LogP contribution in [0.3, 0.4) is 0 Å². The zero-order chi connectivity index (χ0) is 13.0. The van der Waals surface area contributed by atoms with Crippen LogP contribution in [0.1, 0.15) is 25.0 Å². The van der Waals surface area contributed by atoms with Crippen molar-refractivity contribution in [3.8, 4) is 0 Å². The van der Waals surface area contributed by atoms with Crippen molar-refractivity contribution >= 4 is 36.2 Å². The van der Waals surface area contributed by atoms with Crippen molar-refractivity contribution in [3.05, 3.63) is 65.7 Å². The van der Waals surface area contributed by atoms with Crippen LogP contribution in [0.2, 0.25) is 0 Å². The number of hydrogen-bond donors (Lipinski definition) is 2. The fraction of sp³-hybridized carbons (Fsp3) is 0.188. The minimum atomic E-state index is 0. The summed E-state index contributed by atoms with van der Waals surface area (Å²) >= 11 is 0. The molecule has 0 amide bonds. The highest BCUT2D eigenvalue weighted by Gasteiger charge is 2.09. The second-order valence-corrected chi connectivity index (χ2v) is 4.59. The van der Waals surface area contributed by atoms with E-state index in [2.05, 4.69) is 19.2 Å². The van der Waals surface area contributed by atoms with Gasteiger partial charge in [-0.25, -0.2) is 0 Å². The third kappa shape index (κ3) is 4.55. The van der Waals surface area contributed by atoms with Gasteiger partial charge in [-0.1, -0.05) is 48.5 Å². The molecule has 0 aliphatic heterocycles. The van der Waals surface area contributed by atoms with Crippen LogP contribution in [-0.2, 0) is 0 Å². The lowest BCUT2D eigenvalue weighted by molar-refractivity contribution is 0.899. The minimum Gasteiger partial charge on any atom is -0.382 e. The van der Waals surface area contributed by atoms with Gasteiger partial charge in [-0.15, -0.1) is 24.8 Å². The number of benzene rings is 2. The summed E-state index contributed by atoms with van der Waals surface area (Å²) in [6, 6.07) is 18.1. The van der Waals surface area contributed by atoms with Gasteiger partial charge in [-0.05, 0) is 19.9 Å². The third-order valence-electron chi connectivity index (χ3n) is 2.70. The van der Waals surface area contributed by atoms with E-state index in [9.17, 15) is 0 Å². The number of para-hydroxylation sites is 1. The standard InChI is InChI=1S/C16H18N2.2ClH/c1-12(2)18-15-11-7-6-10-14(15)16(17)13-8-4-3-5-9-13;;/h3-12,17-18H,1-2H3;2*1H. The Morgan fingerprint density at radius 2 is 1.45 bits per heavy atom. The van der Waals surface area contributed by atoms with E-state index < -0.39 is 0 Å². The van der Waals surface area contributed by atoms with Gasteiger partial charge in [0.2, 0.25) is 0 Å². The van der Waals surface area contributed by atoms with Gasteiger partial charge in [0.1, 0.15) is 0 Å². The maximum absolute atomic E-state index is 8.32. The van der Waals surface area contributed by atoms with Crippen molar-refractivity contribution in [2.24, 2.45) is 0 Å². The van der Waals surface area contributed by atoms with E-state index in [1.165, 1.54) is 0 Å². The van der Waals surface area contributed by atoms with Crippen LogP contribution in [-0.4, -0.2) is 11.8 Å². The molecule has 0 spiro atoms. The Morgan fingerprint density at radius 3 is 2.05 bits per heavy atom. The number of halogens is 2. The molecule has 0 aliphatic carbocycles. The lowest BCUT2D eigenvalue weighted by Gasteiger charge is -2.15. The Morgan fingerprint density at radius 1 is 0.900 bits per heavy atom. The van der Waals surface area contributed by atoms with E-state index >= 15 is 0 Å². The maximum Gasteiger partial charge on any atom is 0.0705 e. The summed E-state index contributed by atoms with van der Waals surface area (Å²) in [5.74, 6) is 0. The van der Waals surface area contributed by atoms with Crippen molar-refractivity contribution in [1.29, 1.82) is 5.41 Å². The van der Waals surface area contributed by atoms with Crippen molar-refractivity contribution in [3.63, 3.8) is 0 Å². The first-order chi connectivity index (χ1) is 8.68. The molecule has 0 atom stereocenters. The Balaban J connectivity index is 0.00000180. The predicted molar refractivity (Wildman–Crippen MR) is 92.1 cm³/mol. The highest BCUT2D eigenvalue weighted by molar-refractivity contribution is 6.14. The van der Waals surface area contributed by atoms with Crippen molar-refractivity contribution < 1.29 is 0 Å². The van der Waals surface area contributed by atoms with Crippen molar-refractivity contribution in [2.75, 3.05) is 5.32 Å². The Kier molecular flexibility index (Phi) is 7.97. The Hall–Kier alpha value is -1.51. The molecule has 0 saturated heterocycles. The topological polar surface area (TPSA) is 35.9 Å². The summed E-state index contributed by atoms with van der Waals surface area (Å²) in [4.78, 5) is 0. The average molecular weight is 311 g/mol. The fourth-order valence-electron chi connectivity index (χ4n) is 1.90. The molecule has 2 rings (SSSR count). The van der Waals surface area contributed by atoms with Gasteiger partial charge in [0, 0.05) is 22.9 Å². The summed E-state index contributed by atoms with van der Waals surface area (Å²) in [6.07, 6.45) is 0. The largest absolute Gasteiger partial charge is 0.382 e. The summed E-state index contributed by atoms with van der Waals surface area (Å²) in [7, 11) is 0. The van der Waals surface area contributed by atoms with E-state index in [4.69, 9.17) is 5.41 Å². The monoisotopic (exact) mass is 310 g/mol. The third-order valence-corrected chi connectivity index (χ3v) is 2.70. The van der Waals surface area contributed by atoms with E-state index in [1.54, 1.807) is 0 Å². The number of nitrogens with one attached hydrogen (secondary N) is 2. The molecule has 2 nitrogen and oxygen atoms in total. The number of hydrogen-bond acceptors (Lipinski definition) is 2. The second kappa shape index (κ2) is 8.62. The van der Waals surface area contributed by atoms with Crippen molar-refractivity contribution in [1.82, 2.24) is 0 Å². The van der Waals surface area contributed by atoms with Crippen LogP contribution in [0.25, 0.3) is 0 Å². The van der Waals surface area contributed by atoms with Crippen LogP contribution in [0.15, 0.2) is 54.6 Å². The normalized spacial score (nSPS) is 9.35. The first kappa shape index (κ1) is 18.5. The predicted octanol–water partition coefficient (Wildman–Crippen LogP) is 4.77. The van der Waals surface area contributed by atoms with Gasteiger partial charge in [0.25, 0.3) is 0 Å². The molecule has 2 N–H and O–H groups in total. The molecule has 4 heteroatoms. The summed E-state index contributed by atoms with van der Waals surface area (Å²) in [5, 5.41) is 11.7. The second-order valence-electron chi connectivity index (χ2n) is 4.59. The van der Waals surface area contributed by atoms with Gasteiger partial charge in [-0.2, -0.15) is 0 Å². The first-order valence-electron chi connectivity index (χ1n) is 6.18. The van der Waals surface area contributed by atoms with Gasteiger partial charge in [0.05, 0.1) is 5.71 Å². The summed E-state index contributed by atoms with van der Waals surface area (Å²) in [5.41, 5.74) is 3.45. The van der Waals surface area contributed by atoms with Crippen LogP contribution in [0, 0.1) is 5.41 Å². The molecule has 2 aromatic carbocycles. The number of rotatable bonds is 4. The molecule has 0 saturated carbocycles. The van der Waals surface area contributed by atoms with Gasteiger partial charge in [0.15, 0.2) is 0 Å². The van der Waals surface area contributed by atoms with E-state index in [0.717, 1.165) is 16.8 Å². The summed E-state index contributed by atoms with van der Waals surface area (Å²) in [6.45, 7) is 4.20. The van der Waals surface area contributed by atoms with Gasteiger partial charge < -0.3 is 5.32 Å². The highest BCUT2D eigenvalue weighted by Crippen LogP contribution is 2.19. The van der Waals surface area contributed by atoms with Crippen LogP contribution < -0.4 is 5.32 Å². The smallest absolute Gasteiger partial charge is 0.0705 e. The fourth-order valence-corrected chi connectivity index (χ4v) is 1.90. The minimum absolute atomic E-state index is 0. The first-order valence-corrected chi connectivity index (χ1v) is 6.18. The highest BCUT2D eigenvalue weighted by atomic mass is 35.5. The molecule has 0 fully saturated rings. The molecule has 0 radical (unpaired) electrons. The molecule has 108 valence electrons. The summed E-state index contributed by atoms with van der Waals surface area (Å²) < 4.78 is 0. The molecule has 20 heavy (non-hydrogen) atoms. The van der Waals surface area contributed by atoms with Crippen LogP contribution in [0.5, 0.6) is 0 Å².